The predicted molar refractivity (Wildman–Crippen MR) is 74.7 cm³/mol. The lowest BCUT2D eigenvalue weighted by atomic mass is 9.87. The minimum absolute atomic E-state index is 0.587. The lowest BCUT2D eigenvalue weighted by Crippen LogP contribution is -2.26. The molecule has 2 aromatic rings. The summed E-state index contributed by atoms with van der Waals surface area (Å²) in [4.78, 5) is 0. The number of nitrogens with zero attached hydrogens (tertiary/aromatic N) is 3. The molecule has 0 radical (unpaired) electrons. The highest BCUT2D eigenvalue weighted by molar-refractivity contribution is 5.61. The highest BCUT2D eigenvalue weighted by Crippen LogP contribution is 2.27. The summed E-state index contributed by atoms with van der Waals surface area (Å²) < 4.78 is 0. The minimum Gasteiger partial charge on any atom is -0.382 e. The predicted octanol–water partition coefficient (Wildman–Crippen LogP) is 2.86. The summed E-state index contributed by atoms with van der Waals surface area (Å²) in [5, 5.41) is 17.7. The Balaban J connectivity index is 1.73. The number of hydrogen-bond donors (Lipinski definition) is 2. The van der Waals surface area contributed by atoms with Crippen LogP contribution in [0.4, 0.5) is 5.69 Å². The molecule has 5 heteroatoms. The fourth-order valence-corrected chi connectivity index (χ4v) is 2.83. The van der Waals surface area contributed by atoms with E-state index in [2.05, 4.69) is 45.0 Å². The Morgan fingerprint density at radius 1 is 1.32 bits per heavy atom. The van der Waals surface area contributed by atoms with Crippen LogP contribution in [-0.4, -0.2) is 26.7 Å². The molecule has 0 aliphatic heterocycles. The molecule has 2 unspecified atom stereocenters. The second-order valence-corrected chi connectivity index (χ2v) is 5.43. The zero-order valence-electron chi connectivity index (χ0n) is 11.1. The molecular formula is C14H19N5. The Kier molecular flexibility index (Phi) is 3.44. The van der Waals surface area contributed by atoms with Gasteiger partial charge in [-0.2, -0.15) is 5.21 Å². The quantitative estimate of drug-likeness (QED) is 0.887. The first-order valence-corrected chi connectivity index (χ1v) is 6.91. The first-order chi connectivity index (χ1) is 9.31. The number of aromatic nitrogens is 4. The van der Waals surface area contributed by atoms with Gasteiger partial charge in [-0.3, -0.25) is 0 Å². The van der Waals surface area contributed by atoms with Gasteiger partial charge in [0, 0.05) is 17.3 Å². The van der Waals surface area contributed by atoms with E-state index in [1.54, 1.807) is 0 Å². The molecule has 100 valence electrons. The standard InChI is InChI=1S/C14H19N5/c1-10-4-2-6-12(8-10)15-13-7-3-5-11(9-13)14-16-18-19-17-14/h3,5,7,9-10,12,15H,2,4,6,8H2,1H3,(H,16,17,18,19). The van der Waals surface area contributed by atoms with Gasteiger partial charge >= 0.3 is 0 Å². The van der Waals surface area contributed by atoms with Gasteiger partial charge in [0.25, 0.3) is 0 Å². The van der Waals surface area contributed by atoms with Gasteiger partial charge in [0.1, 0.15) is 0 Å². The van der Waals surface area contributed by atoms with Crippen LogP contribution in [0.5, 0.6) is 0 Å². The Labute approximate surface area is 112 Å². The van der Waals surface area contributed by atoms with Crippen LogP contribution in [0.1, 0.15) is 32.6 Å². The van der Waals surface area contributed by atoms with E-state index in [1.807, 2.05) is 12.1 Å². The second kappa shape index (κ2) is 5.38. The molecule has 19 heavy (non-hydrogen) atoms. The van der Waals surface area contributed by atoms with Crippen LogP contribution < -0.4 is 5.32 Å². The minimum atomic E-state index is 0.587. The molecular weight excluding hydrogens is 238 g/mol. The number of tetrazole rings is 1. The molecule has 1 saturated carbocycles. The summed E-state index contributed by atoms with van der Waals surface area (Å²) in [6.45, 7) is 2.34. The molecule has 0 spiro atoms. The summed E-state index contributed by atoms with van der Waals surface area (Å²) in [6.07, 6.45) is 5.20. The molecule has 0 amide bonds. The topological polar surface area (TPSA) is 66.5 Å². The van der Waals surface area contributed by atoms with Gasteiger partial charge in [-0.25, -0.2) is 0 Å². The summed E-state index contributed by atoms with van der Waals surface area (Å²) >= 11 is 0. The molecule has 1 aliphatic carbocycles. The van der Waals surface area contributed by atoms with Crippen molar-refractivity contribution in [3.05, 3.63) is 24.3 Å². The molecule has 2 N–H and O–H groups in total. The number of aromatic amines is 1. The third-order valence-electron chi connectivity index (χ3n) is 3.77. The molecule has 1 fully saturated rings. The van der Waals surface area contributed by atoms with Gasteiger partial charge in [-0.05, 0) is 36.1 Å². The average Bonchev–Trinajstić information content (AvgIpc) is 2.93. The molecule has 1 aromatic carbocycles. The van der Waals surface area contributed by atoms with Gasteiger partial charge in [0.15, 0.2) is 0 Å². The van der Waals surface area contributed by atoms with Crippen LogP contribution in [0.3, 0.4) is 0 Å². The monoisotopic (exact) mass is 257 g/mol. The lowest BCUT2D eigenvalue weighted by molar-refractivity contribution is 0.358. The smallest absolute Gasteiger partial charge is 0.204 e. The Morgan fingerprint density at radius 2 is 2.26 bits per heavy atom. The Morgan fingerprint density at radius 3 is 3.05 bits per heavy atom. The van der Waals surface area contributed by atoms with Crippen molar-refractivity contribution < 1.29 is 0 Å². The average molecular weight is 257 g/mol. The lowest BCUT2D eigenvalue weighted by Gasteiger charge is -2.28. The first-order valence-electron chi connectivity index (χ1n) is 6.91. The maximum absolute atomic E-state index is 4.01. The fourth-order valence-electron chi connectivity index (χ4n) is 2.83. The summed E-state index contributed by atoms with van der Waals surface area (Å²) in [7, 11) is 0. The third kappa shape index (κ3) is 2.92. The van der Waals surface area contributed by atoms with Crippen molar-refractivity contribution in [2.24, 2.45) is 5.92 Å². The van der Waals surface area contributed by atoms with Gasteiger partial charge in [0.2, 0.25) is 5.82 Å². The number of nitrogens with one attached hydrogen (secondary N) is 2. The largest absolute Gasteiger partial charge is 0.382 e. The third-order valence-corrected chi connectivity index (χ3v) is 3.77. The molecule has 3 rings (SSSR count). The van der Waals surface area contributed by atoms with Crippen molar-refractivity contribution in [1.29, 1.82) is 0 Å². The van der Waals surface area contributed by atoms with Crippen LogP contribution in [0, 0.1) is 5.92 Å². The van der Waals surface area contributed by atoms with E-state index in [4.69, 9.17) is 0 Å². The molecule has 0 saturated heterocycles. The molecule has 1 aromatic heterocycles. The molecule has 0 bridgehead atoms. The van der Waals surface area contributed by atoms with Gasteiger partial charge in [-0.15, -0.1) is 10.2 Å². The number of H-pyrrole nitrogens is 1. The van der Waals surface area contributed by atoms with Crippen LogP contribution in [0.2, 0.25) is 0 Å². The normalized spacial score (nSPS) is 23.2. The second-order valence-electron chi connectivity index (χ2n) is 5.43. The van der Waals surface area contributed by atoms with Gasteiger partial charge in [0.05, 0.1) is 0 Å². The zero-order valence-corrected chi connectivity index (χ0v) is 11.1. The zero-order chi connectivity index (χ0) is 13.1. The van der Waals surface area contributed by atoms with Crippen LogP contribution in [-0.2, 0) is 0 Å². The van der Waals surface area contributed by atoms with E-state index in [1.165, 1.54) is 25.7 Å². The van der Waals surface area contributed by atoms with Crippen molar-refractivity contribution in [2.75, 3.05) is 5.32 Å². The van der Waals surface area contributed by atoms with Crippen LogP contribution in [0.25, 0.3) is 11.4 Å². The van der Waals surface area contributed by atoms with E-state index < -0.39 is 0 Å². The maximum Gasteiger partial charge on any atom is 0.204 e. The van der Waals surface area contributed by atoms with Crippen LogP contribution in [0.15, 0.2) is 24.3 Å². The molecule has 1 aliphatic rings. The van der Waals surface area contributed by atoms with Crippen LogP contribution >= 0.6 is 0 Å². The van der Waals surface area contributed by atoms with Crippen molar-refractivity contribution >= 4 is 5.69 Å². The summed E-state index contributed by atoms with van der Waals surface area (Å²) in [6, 6.07) is 8.80. The summed E-state index contributed by atoms with van der Waals surface area (Å²) in [5.41, 5.74) is 2.13. The fraction of sp³-hybridized carbons (Fsp3) is 0.500. The highest BCUT2D eigenvalue weighted by Gasteiger charge is 2.18. The van der Waals surface area contributed by atoms with Gasteiger partial charge < -0.3 is 5.32 Å². The molecule has 5 nitrogen and oxygen atoms in total. The number of benzene rings is 1. The van der Waals surface area contributed by atoms with Crippen molar-refractivity contribution in [3.8, 4) is 11.4 Å². The number of rotatable bonds is 3. The van der Waals surface area contributed by atoms with E-state index in [0.29, 0.717) is 11.9 Å². The van der Waals surface area contributed by atoms with Gasteiger partial charge in [-0.1, -0.05) is 31.9 Å². The van der Waals surface area contributed by atoms with Crippen molar-refractivity contribution in [3.63, 3.8) is 0 Å². The van der Waals surface area contributed by atoms with E-state index in [-0.39, 0.29) is 0 Å². The molecule has 1 heterocycles. The van der Waals surface area contributed by atoms with Crippen molar-refractivity contribution in [2.45, 2.75) is 38.6 Å². The Hall–Kier alpha value is -1.91. The summed E-state index contributed by atoms with van der Waals surface area (Å²) in [5.74, 6) is 1.47. The van der Waals surface area contributed by atoms with E-state index in [0.717, 1.165) is 17.2 Å². The molecule has 2 atom stereocenters. The van der Waals surface area contributed by atoms with E-state index >= 15 is 0 Å². The van der Waals surface area contributed by atoms with Crippen molar-refractivity contribution in [1.82, 2.24) is 20.6 Å². The number of anilines is 1. The maximum atomic E-state index is 4.01. The first kappa shape index (κ1) is 12.1. The highest BCUT2D eigenvalue weighted by atomic mass is 15.5. The number of hydrogen-bond acceptors (Lipinski definition) is 4. The Bertz CT molecular complexity index is 522. The van der Waals surface area contributed by atoms with E-state index in [9.17, 15) is 0 Å². The SMILES string of the molecule is CC1CCCC(Nc2cccc(-c3nn[nH]n3)c2)C1.